The van der Waals surface area contributed by atoms with Gasteiger partial charge in [-0.25, -0.2) is 0 Å². The molecule has 18 heavy (non-hydrogen) atoms. The summed E-state index contributed by atoms with van der Waals surface area (Å²) >= 11 is 0. The van der Waals surface area contributed by atoms with Gasteiger partial charge < -0.3 is 10.4 Å². The van der Waals surface area contributed by atoms with Gasteiger partial charge in [-0.05, 0) is 23.8 Å². The zero-order chi connectivity index (χ0) is 12.8. The van der Waals surface area contributed by atoms with Crippen molar-refractivity contribution < 1.29 is 9.90 Å². The number of carboxylic acids is 1. The number of benzene rings is 1. The third-order valence-corrected chi connectivity index (χ3v) is 4.90. The number of rotatable bonds is 3. The van der Waals surface area contributed by atoms with Crippen LogP contribution in [0, 0.1) is 17.3 Å². The van der Waals surface area contributed by atoms with Crippen molar-refractivity contribution in [3.63, 3.8) is 0 Å². The van der Waals surface area contributed by atoms with Crippen molar-refractivity contribution in [3.8, 4) is 0 Å². The minimum atomic E-state index is -0.636. The van der Waals surface area contributed by atoms with Crippen molar-refractivity contribution >= 4 is 5.97 Å². The Balaban J connectivity index is 1.79. The van der Waals surface area contributed by atoms with Gasteiger partial charge in [-0.3, -0.25) is 4.79 Å². The summed E-state index contributed by atoms with van der Waals surface area (Å²) in [5.74, 6) is 0.125. The molecule has 2 fully saturated rings. The summed E-state index contributed by atoms with van der Waals surface area (Å²) in [5, 5.41) is 12.6. The molecule has 1 heterocycles. The van der Waals surface area contributed by atoms with E-state index in [-0.39, 0.29) is 11.3 Å². The molecule has 2 aliphatic rings. The van der Waals surface area contributed by atoms with Gasteiger partial charge >= 0.3 is 5.97 Å². The Morgan fingerprint density at radius 1 is 1.44 bits per heavy atom. The number of hydrogen-bond acceptors (Lipinski definition) is 2. The van der Waals surface area contributed by atoms with E-state index in [2.05, 4.69) is 36.5 Å². The van der Waals surface area contributed by atoms with Crippen LogP contribution in [-0.2, 0) is 4.79 Å². The predicted octanol–water partition coefficient (Wildman–Crippen LogP) is 2.10. The molecule has 3 rings (SSSR count). The minimum absolute atomic E-state index is 0.0150. The molecule has 1 aliphatic carbocycles. The third kappa shape index (κ3) is 1.65. The van der Waals surface area contributed by atoms with Crippen molar-refractivity contribution in [2.75, 3.05) is 13.1 Å². The van der Waals surface area contributed by atoms with E-state index in [0.29, 0.717) is 18.4 Å². The molecule has 1 saturated carbocycles. The van der Waals surface area contributed by atoms with Crippen molar-refractivity contribution in [2.45, 2.75) is 19.3 Å². The van der Waals surface area contributed by atoms with Crippen LogP contribution in [-0.4, -0.2) is 24.2 Å². The Hall–Kier alpha value is -1.35. The van der Waals surface area contributed by atoms with Crippen molar-refractivity contribution in [1.29, 1.82) is 0 Å². The predicted molar refractivity (Wildman–Crippen MR) is 69.4 cm³/mol. The van der Waals surface area contributed by atoms with Crippen LogP contribution in [0.5, 0.6) is 0 Å². The summed E-state index contributed by atoms with van der Waals surface area (Å²) in [7, 11) is 0. The maximum Gasteiger partial charge on any atom is 0.308 e. The number of hydrogen-bond donors (Lipinski definition) is 2. The Morgan fingerprint density at radius 3 is 2.83 bits per heavy atom. The lowest BCUT2D eigenvalue weighted by Gasteiger charge is -2.19. The fourth-order valence-electron chi connectivity index (χ4n) is 3.73. The van der Waals surface area contributed by atoms with Crippen LogP contribution < -0.4 is 5.32 Å². The molecule has 3 nitrogen and oxygen atoms in total. The van der Waals surface area contributed by atoms with Gasteiger partial charge in [-0.2, -0.15) is 0 Å². The average molecular weight is 245 g/mol. The van der Waals surface area contributed by atoms with E-state index in [1.54, 1.807) is 0 Å². The summed E-state index contributed by atoms with van der Waals surface area (Å²) < 4.78 is 0. The second-order valence-corrected chi connectivity index (χ2v) is 5.76. The monoisotopic (exact) mass is 245 g/mol. The quantitative estimate of drug-likeness (QED) is 0.857. The van der Waals surface area contributed by atoms with Gasteiger partial charge in [-0.1, -0.05) is 37.3 Å². The summed E-state index contributed by atoms with van der Waals surface area (Å²) in [5.41, 5.74) is 1.34. The topological polar surface area (TPSA) is 49.3 Å². The normalized spacial score (nSPS) is 35.6. The largest absolute Gasteiger partial charge is 0.481 e. The van der Waals surface area contributed by atoms with Crippen LogP contribution in [0.2, 0.25) is 0 Å². The van der Waals surface area contributed by atoms with Crippen LogP contribution >= 0.6 is 0 Å². The van der Waals surface area contributed by atoms with E-state index in [0.717, 1.165) is 13.0 Å². The second kappa shape index (κ2) is 4.09. The number of carboxylic acid groups (broad SMARTS) is 1. The molecule has 1 aliphatic heterocycles. The third-order valence-electron chi connectivity index (χ3n) is 4.90. The molecule has 1 saturated heterocycles. The van der Waals surface area contributed by atoms with Gasteiger partial charge in [0.25, 0.3) is 0 Å². The molecule has 0 radical (unpaired) electrons. The fraction of sp³-hybridized carbons (Fsp3) is 0.533. The van der Waals surface area contributed by atoms with Crippen LogP contribution in [0.15, 0.2) is 30.3 Å². The fourth-order valence-corrected chi connectivity index (χ4v) is 3.73. The lowest BCUT2D eigenvalue weighted by atomic mass is 9.84. The highest BCUT2D eigenvalue weighted by molar-refractivity contribution is 5.73. The van der Waals surface area contributed by atoms with Gasteiger partial charge in [0.1, 0.15) is 0 Å². The molecular weight excluding hydrogens is 226 g/mol. The second-order valence-electron chi connectivity index (χ2n) is 5.76. The molecule has 3 unspecified atom stereocenters. The Morgan fingerprint density at radius 2 is 2.17 bits per heavy atom. The maximum absolute atomic E-state index is 11.3. The van der Waals surface area contributed by atoms with E-state index in [9.17, 15) is 9.90 Å². The van der Waals surface area contributed by atoms with Crippen molar-refractivity contribution in [1.82, 2.24) is 5.32 Å². The highest BCUT2D eigenvalue weighted by atomic mass is 16.4. The van der Waals surface area contributed by atoms with Gasteiger partial charge in [0.15, 0.2) is 0 Å². The molecule has 96 valence electrons. The smallest absolute Gasteiger partial charge is 0.308 e. The lowest BCUT2D eigenvalue weighted by Crippen LogP contribution is -2.25. The van der Waals surface area contributed by atoms with Crippen LogP contribution in [0.3, 0.4) is 0 Å². The summed E-state index contributed by atoms with van der Waals surface area (Å²) in [6.07, 6.45) is 1.05. The molecule has 0 amide bonds. The first-order chi connectivity index (χ1) is 8.65. The van der Waals surface area contributed by atoms with Crippen molar-refractivity contribution in [3.05, 3.63) is 35.9 Å². The van der Waals surface area contributed by atoms with Crippen LogP contribution in [0.1, 0.15) is 24.8 Å². The summed E-state index contributed by atoms with van der Waals surface area (Å²) in [4.78, 5) is 11.3. The van der Waals surface area contributed by atoms with E-state index in [1.165, 1.54) is 5.56 Å². The maximum atomic E-state index is 11.3. The molecule has 0 aromatic heterocycles. The SMILES string of the molecule is C[C@@H](c1ccccc1)C1CC12CNCC2C(=O)O. The van der Waals surface area contributed by atoms with E-state index in [4.69, 9.17) is 0 Å². The van der Waals surface area contributed by atoms with Gasteiger partial charge in [0.2, 0.25) is 0 Å². The first-order valence-electron chi connectivity index (χ1n) is 6.63. The van der Waals surface area contributed by atoms with Gasteiger partial charge in [-0.15, -0.1) is 0 Å². The van der Waals surface area contributed by atoms with Crippen molar-refractivity contribution in [2.24, 2.45) is 17.3 Å². The summed E-state index contributed by atoms with van der Waals surface area (Å²) in [6.45, 7) is 3.73. The first-order valence-corrected chi connectivity index (χ1v) is 6.63. The van der Waals surface area contributed by atoms with E-state index in [1.807, 2.05) is 6.07 Å². The Bertz CT molecular complexity index is 459. The molecule has 0 bridgehead atoms. The first kappa shape index (κ1) is 11.7. The standard InChI is InChI=1S/C15H19NO2/c1-10(11-5-3-2-4-6-11)12-7-15(12)9-16-8-13(15)14(17)18/h2-6,10,12-13,16H,7-9H2,1H3,(H,17,18)/t10-,12?,13?,15?/m0/s1. The molecular formula is C15H19NO2. The molecule has 1 aromatic rings. The Kier molecular flexibility index (Phi) is 2.67. The number of nitrogens with one attached hydrogen (secondary N) is 1. The number of carbonyl (C=O) groups is 1. The zero-order valence-corrected chi connectivity index (χ0v) is 10.6. The van der Waals surface area contributed by atoms with Crippen LogP contribution in [0.25, 0.3) is 0 Å². The highest BCUT2D eigenvalue weighted by Gasteiger charge is 2.64. The minimum Gasteiger partial charge on any atom is -0.481 e. The molecule has 1 aromatic carbocycles. The lowest BCUT2D eigenvalue weighted by molar-refractivity contribution is -0.143. The Labute approximate surface area is 107 Å². The van der Waals surface area contributed by atoms with Crippen LogP contribution in [0.4, 0.5) is 0 Å². The number of aliphatic carboxylic acids is 1. The average Bonchev–Trinajstić information content (AvgIpc) is 2.91. The highest BCUT2D eigenvalue weighted by Crippen LogP contribution is 2.64. The molecule has 3 heteroatoms. The molecule has 4 atom stereocenters. The molecule has 1 spiro atoms. The zero-order valence-electron chi connectivity index (χ0n) is 10.6. The molecule has 2 N–H and O–H groups in total. The van der Waals surface area contributed by atoms with Gasteiger partial charge in [0, 0.05) is 18.5 Å². The van der Waals surface area contributed by atoms with E-state index >= 15 is 0 Å². The van der Waals surface area contributed by atoms with Gasteiger partial charge in [0.05, 0.1) is 5.92 Å². The summed E-state index contributed by atoms with van der Waals surface area (Å²) in [6, 6.07) is 10.4. The van der Waals surface area contributed by atoms with E-state index < -0.39 is 5.97 Å².